The molecule has 170 valence electrons. The summed E-state index contributed by atoms with van der Waals surface area (Å²) in [6.45, 7) is 7.21. The predicted molar refractivity (Wildman–Crippen MR) is 121 cm³/mol. The molecule has 1 unspecified atom stereocenters. The van der Waals surface area contributed by atoms with Crippen molar-refractivity contribution >= 4 is 38.7 Å². The van der Waals surface area contributed by atoms with Crippen molar-refractivity contribution in [3.8, 4) is 0 Å². The second kappa shape index (κ2) is 9.48. The molecular formula is C21H30N4O4S2. The lowest BCUT2D eigenvalue weighted by atomic mass is 10.0. The van der Waals surface area contributed by atoms with Crippen LogP contribution in [0.5, 0.6) is 0 Å². The molecule has 31 heavy (non-hydrogen) atoms. The largest absolute Gasteiger partial charge is 0.379 e. The van der Waals surface area contributed by atoms with Crippen molar-refractivity contribution in [2.24, 2.45) is 0 Å². The summed E-state index contributed by atoms with van der Waals surface area (Å²) >= 11 is 1.43. The van der Waals surface area contributed by atoms with Gasteiger partial charge in [0.2, 0.25) is 15.9 Å². The van der Waals surface area contributed by atoms with Gasteiger partial charge in [-0.2, -0.15) is 4.31 Å². The summed E-state index contributed by atoms with van der Waals surface area (Å²) in [5.41, 5.74) is 1.52. The minimum absolute atomic E-state index is 0.141. The van der Waals surface area contributed by atoms with Crippen LogP contribution in [0.2, 0.25) is 0 Å². The van der Waals surface area contributed by atoms with Crippen molar-refractivity contribution in [3.63, 3.8) is 0 Å². The topological polar surface area (TPSA) is 84.7 Å². The number of amides is 1. The number of morpholine rings is 1. The summed E-state index contributed by atoms with van der Waals surface area (Å²) in [6.07, 6.45) is 3.30. The normalized spacial score (nSPS) is 21.0. The third-order valence-corrected chi connectivity index (χ3v) is 8.91. The molecule has 3 heterocycles. The monoisotopic (exact) mass is 466 g/mol. The van der Waals surface area contributed by atoms with Crippen LogP contribution in [0.1, 0.15) is 33.1 Å². The first-order chi connectivity index (χ1) is 14.9. The standard InChI is InChI=1S/C21H30N4O4S2/c1-3-24-19-8-7-17(31(27,28)23-10-12-29-13-11-23)14-18(19)22-21(24)30-15-20(26)25-9-5-4-6-16(25)2/h7-8,14,16H,3-6,9-13,15H2,1-2H3. The Morgan fingerprint density at radius 3 is 2.71 bits per heavy atom. The van der Waals surface area contributed by atoms with Gasteiger partial charge in [-0.15, -0.1) is 0 Å². The van der Waals surface area contributed by atoms with Crippen molar-refractivity contribution in [3.05, 3.63) is 18.2 Å². The van der Waals surface area contributed by atoms with E-state index in [2.05, 4.69) is 11.9 Å². The molecule has 2 saturated heterocycles. The van der Waals surface area contributed by atoms with Crippen molar-refractivity contribution in [1.29, 1.82) is 0 Å². The molecular weight excluding hydrogens is 436 g/mol. The average molecular weight is 467 g/mol. The Kier molecular flexibility index (Phi) is 6.90. The second-order valence-electron chi connectivity index (χ2n) is 8.03. The Bertz CT molecular complexity index is 1050. The number of piperidine rings is 1. The Balaban J connectivity index is 1.55. The van der Waals surface area contributed by atoms with Crippen LogP contribution < -0.4 is 0 Å². The van der Waals surface area contributed by atoms with Gasteiger partial charge in [-0.3, -0.25) is 4.79 Å². The van der Waals surface area contributed by atoms with Gasteiger partial charge in [0.05, 0.1) is 34.9 Å². The van der Waals surface area contributed by atoms with Gasteiger partial charge in [-0.05, 0) is 51.3 Å². The van der Waals surface area contributed by atoms with Gasteiger partial charge in [-0.25, -0.2) is 13.4 Å². The molecule has 0 bridgehead atoms. The maximum atomic E-state index is 13.0. The first-order valence-electron chi connectivity index (χ1n) is 10.9. The first kappa shape index (κ1) is 22.6. The number of hydrogen-bond acceptors (Lipinski definition) is 6. The number of sulfonamides is 1. The third kappa shape index (κ3) is 4.62. The molecule has 2 fully saturated rings. The lowest BCUT2D eigenvalue weighted by Gasteiger charge is -2.33. The summed E-state index contributed by atoms with van der Waals surface area (Å²) in [7, 11) is -3.57. The predicted octanol–water partition coefficient (Wildman–Crippen LogP) is 2.57. The average Bonchev–Trinajstić information content (AvgIpc) is 3.15. The SMILES string of the molecule is CCn1c(SCC(=O)N2CCCCC2C)nc2cc(S(=O)(=O)N3CCOCC3)ccc21. The number of aromatic nitrogens is 2. The fourth-order valence-electron chi connectivity index (χ4n) is 4.28. The molecule has 8 nitrogen and oxygen atoms in total. The van der Waals surface area contributed by atoms with Crippen molar-refractivity contribution < 1.29 is 17.9 Å². The first-order valence-corrected chi connectivity index (χ1v) is 13.3. The molecule has 1 atom stereocenters. The molecule has 0 radical (unpaired) electrons. The number of imidazole rings is 1. The number of ether oxygens (including phenoxy) is 1. The Morgan fingerprint density at radius 1 is 1.23 bits per heavy atom. The van der Waals surface area contributed by atoms with Crippen LogP contribution in [0.4, 0.5) is 0 Å². The zero-order valence-electron chi connectivity index (χ0n) is 18.1. The van der Waals surface area contributed by atoms with Gasteiger partial charge in [0.15, 0.2) is 5.16 Å². The number of benzene rings is 1. The molecule has 0 spiro atoms. The number of likely N-dealkylation sites (tertiary alicyclic amines) is 1. The third-order valence-electron chi connectivity index (χ3n) is 6.06. The quantitative estimate of drug-likeness (QED) is 0.609. The Morgan fingerprint density at radius 2 is 2.00 bits per heavy atom. The number of thioether (sulfide) groups is 1. The number of carbonyl (C=O) groups excluding carboxylic acids is 1. The van der Waals surface area contributed by atoms with Crippen LogP contribution in [0, 0.1) is 0 Å². The van der Waals surface area contributed by atoms with Gasteiger partial charge in [0.1, 0.15) is 0 Å². The second-order valence-corrected chi connectivity index (χ2v) is 10.9. The minimum atomic E-state index is -3.57. The van der Waals surface area contributed by atoms with E-state index in [4.69, 9.17) is 4.74 Å². The lowest BCUT2D eigenvalue weighted by Crippen LogP contribution is -2.42. The van der Waals surface area contributed by atoms with Crippen LogP contribution in [-0.4, -0.2) is 77.7 Å². The van der Waals surface area contributed by atoms with Gasteiger partial charge in [0, 0.05) is 32.2 Å². The van der Waals surface area contributed by atoms with Gasteiger partial charge in [-0.1, -0.05) is 11.8 Å². The number of aryl methyl sites for hydroxylation is 1. The van der Waals surface area contributed by atoms with Crippen molar-refractivity contribution in [1.82, 2.24) is 18.8 Å². The highest BCUT2D eigenvalue weighted by Gasteiger charge is 2.27. The molecule has 0 aliphatic carbocycles. The van der Waals surface area contributed by atoms with E-state index < -0.39 is 10.0 Å². The van der Waals surface area contributed by atoms with E-state index in [-0.39, 0.29) is 10.8 Å². The maximum Gasteiger partial charge on any atom is 0.243 e. The van der Waals surface area contributed by atoms with Gasteiger partial charge in [0.25, 0.3) is 0 Å². The van der Waals surface area contributed by atoms with Gasteiger partial charge >= 0.3 is 0 Å². The molecule has 2 aliphatic heterocycles. The Hall–Kier alpha value is -1.62. The molecule has 2 aromatic rings. The highest BCUT2D eigenvalue weighted by atomic mass is 32.2. The van der Waals surface area contributed by atoms with E-state index in [9.17, 15) is 13.2 Å². The highest BCUT2D eigenvalue weighted by Crippen LogP contribution is 2.28. The lowest BCUT2D eigenvalue weighted by molar-refractivity contribution is -0.131. The van der Waals surface area contributed by atoms with Crippen LogP contribution in [-0.2, 0) is 26.1 Å². The van der Waals surface area contributed by atoms with Crippen molar-refractivity contribution in [2.75, 3.05) is 38.6 Å². The molecule has 0 N–H and O–H groups in total. The van der Waals surface area contributed by atoms with E-state index in [1.54, 1.807) is 12.1 Å². The van der Waals surface area contributed by atoms with Crippen LogP contribution in [0.25, 0.3) is 11.0 Å². The van der Waals surface area contributed by atoms with Crippen LogP contribution in [0.15, 0.2) is 28.3 Å². The van der Waals surface area contributed by atoms with Gasteiger partial charge < -0.3 is 14.2 Å². The van der Waals surface area contributed by atoms with E-state index in [0.717, 1.165) is 30.1 Å². The molecule has 1 aromatic heterocycles. The van der Waals surface area contributed by atoms with E-state index in [1.165, 1.54) is 22.5 Å². The van der Waals surface area contributed by atoms with Crippen LogP contribution in [0.3, 0.4) is 0 Å². The van der Waals surface area contributed by atoms with Crippen LogP contribution >= 0.6 is 11.8 Å². The van der Waals surface area contributed by atoms with E-state index in [0.29, 0.717) is 50.2 Å². The minimum Gasteiger partial charge on any atom is -0.379 e. The fraction of sp³-hybridized carbons (Fsp3) is 0.619. The number of carbonyl (C=O) groups is 1. The summed E-state index contributed by atoms with van der Waals surface area (Å²) in [4.78, 5) is 19.6. The zero-order chi connectivity index (χ0) is 22.0. The number of nitrogens with zero attached hydrogens (tertiary/aromatic N) is 4. The highest BCUT2D eigenvalue weighted by molar-refractivity contribution is 7.99. The fourth-order valence-corrected chi connectivity index (χ4v) is 6.67. The Labute approximate surface area is 188 Å². The maximum absolute atomic E-state index is 13.0. The number of rotatable bonds is 6. The summed E-state index contributed by atoms with van der Waals surface area (Å²) < 4.78 is 34.8. The zero-order valence-corrected chi connectivity index (χ0v) is 19.8. The summed E-state index contributed by atoms with van der Waals surface area (Å²) in [5, 5.41) is 0.747. The summed E-state index contributed by atoms with van der Waals surface area (Å²) in [5.74, 6) is 0.481. The summed E-state index contributed by atoms with van der Waals surface area (Å²) in [6, 6.07) is 5.40. The molecule has 0 saturated carbocycles. The van der Waals surface area contributed by atoms with E-state index in [1.807, 2.05) is 22.5 Å². The number of fused-ring (bicyclic) bond motifs is 1. The molecule has 1 amide bonds. The van der Waals surface area contributed by atoms with Crippen molar-refractivity contribution in [2.45, 2.75) is 55.7 Å². The molecule has 10 heteroatoms. The molecule has 4 rings (SSSR count). The molecule has 1 aromatic carbocycles. The molecule has 2 aliphatic rings. The smallest absolute Gasteiger partial charge is 0.243 e. The van der Waals surface area contributed by atoms with E-state index >= 15 is 0 Å². The number of hydrogen-bond donors (Lipinski definition) is 0.